The number of rotatable bonds is 7. The van der Waals surface area contributed by atoms with Crippen LogP contribution in [0.1, 0.15) is 23.7 Å². The van der Waals surface area contributed by atoms with Crippen LogP contribution in [-0.4, -0.2) is 25.5 Å². The third-order valence-electron chi connectivity index (χ3n) is 3.58. The van der Waals surface area contributed by atoms with Crippen molar-refractivity contribution in [1.29, 1.82) is 0 Å². The Morgan fingerprint density at radius 1 is 1.04 bits per heavy atom. The van der Waals surface area contributed by atoms with Gasteiger partial charge >= 0.3 is 0 Å². The maximum Gasteiger partial charge on any atom is 0.254 e. The summed E-state index contributed by atoms with van der Waals surface area (Å²) in [5.41, 5.74) is 1.53. The summed E-state index contributed by atoms with van der Waals surface area (Å²) in [6.45, 7) is 4.49. The summed E-state index contributed by atoms with van der Waals surface area (Å²) in [4.78, 5) is 14.4. The summed E-state index contributed by atoms with van der Waals surface area (Å²) >= 11 is 12.1. The molecule has 0 atom stereocenters. The molecule has 0 aliphatic rings. The number of amides is 1. The van der Waals surface area contributed by atoms with Crippen molar-refractivity contribution in [3.63, 3.8) is 0 Å². The van der Waals surface area contributed by atoms with Crippen molar-refractivity contribution in [2.75, 3.05) is 24.5 Å². The van der Waals surface area contributed by atoms with Gasteiger partial charge in [0.25, 0.3) is 5.91 Å². The van der Waals surface area contributed by atoms with E-state index in [1.54, 1.807) is 18.2 Å². The van der Waals surface area contributed by atoms with E-state index in [1.807, 2.05) is 18.2 Å². The van der Waals surface area contributed by atoms with Gasteiger partial charge in [0.1, 0.15) is 0 Å². The standard InChI is InChI=1S/C18H20Cl2N2O/c1-2-22(14-8-4-3-5-9-14)13-7-12-21-18(23)17-15(19)10-6-11-16(17)20/h3-6,8-11H,2,7,12-13H2,1H3,(H,21,23). The van der Waals surface area contributed by atoms with Gasteiger partial charge in [-0.2, -0.15) is 0 Å². The third-order valence-corrected chi connectivity index (χ3v) is 4.21. The molecule has 0 radical (unpaired) electrons. The molecule has 0 bridgehead atoms. The van der Waals surface area contributed by atoms with Crippen molar-refractivity contribution < 1.29 is 4.79 Å². The van der Waals surface area contributed by atoms with Crippen molar-refractivity contribution in [3.05, 3.63) is 64.1 Å². The van der Waals surface area contributed by atoms with Gasteiger partial charge in [0, 0.05) is 25.3 Å². The molecular formula is C18H20Cl2N2O. The zero-order valence-electron chi connectivity index (χ0n) is 13.1. The van der Waals surface area contributed by atoms with Gasteiger partial charge in [0.05, 0.1) is 15.6 Å². The fourth-order valence-corrected chi connectivity index (χ4v) is 2.95. The molecule has 23 heavy (non-hydrogen) atoms. The molecule has 0 aliphatic carbocycles. The van der Waals surface area contributed by atoms with Gasteiger partial charge in [-0.15, -0.1) is 0 Å². The maximum atomic E-state index is 12.2. The van der Waals surface area contributed by atoms with E-state index in [9.17, 15) is 4.79 Å². The zero-order valence-corrected chi connectivity index (χ0v) is 14.6. The molecule has 1 N–H and O–H groups in total. The lowest BCUT2D eigenvalue weighted by Crippen LogP contribution is -2.30. The van der Waals surface area contributed by atoms with E-state index in [-0.39, 0.29) is 5.91 Å². The SMILES string of the molecule is CCN(CCCNC(=O)c1c(Cl)cccc1Cl)c1ccccc1. The number of para-hydroxylation sites is 1. The number of nitrogens with one attached hydrogen (secondary N) is 1. The molecule has 3 nitrogen and oxygen atoms in total. The quantitative estimate of drug-likeness (QED) is 0.737. The van der Waals surface area contributed by atoms with E-state index in [1.165, 1.54) is 5.69 Å². The number of hydrogen-bond acceptors (Lipinski definition) is 2. The summed E-state index contributed by atoms with van der Waals surface area (Å²) < 4.78 is 0. The van der Waals surface area contributed by atoms with Crippen molar-refractivity contribution in [3.8, 4) is 0 Å². The van der Waals surface area contributed by atoms with E-state index < -0.39 is 0 Å². The Labute approximate surface area is 147 Å². The van der Waals surface area contributed by atoms with E-state index >= 15 is 0 Å². The number of benzene rings is 2. The highest BCUT2D eigenvalue weighted by molar-refractivity contribution is 6.39. The van der Waals surface area contributed by atoms with Gasteiger partial charge in [-0.1, -0.05) is 47.5 Å². The highest BCUT2D eigenvalue weighted by Crippen LogP contribution is 2.23. The molecule has 0 fully saturated rings. The van der Waals surface area contributed by atoms with Gasteiger partial charge < -0.3 is 10.2 Å². The van der Waals surface area contributed by atoms with Crippen LogP contribution in [0.3, 0.4) is 0 Å². The Bertz CT molecular complexity index is 626. The first-order valence-corrected chi connectivity index (χ1v) is 8.41. The average molecular weight is 351 g/mol. The zero-order chi connectivity index (χ0) is 16.7. The number of carbonyl (C=O) groups is 1. The van der Waals surface area contributed by atoms with Crippen molar-refractivity contribution >= 4 is 34.8 Å². The maximum absolute atomic E-state index is 12.2. The van der Waals surface area contributed by atoms with Gasteiger partial charge in [0.15, 0.2) is 0 Å². The van der Waals surface area contributed by atoms with Crippen molar-refractivity contribution in [1.82, 2.24) is 5.32 Å². The van der Waals surface area contributed by atoms with Crippen LogP contribution < -0.4 is 10.2 Å². The van der Waals surface area contributed by atoms with Crippen LogP contribution in [0.2, 0.25) is 10.0 Å². The molecule has 2 aromatic rings. The van der Waals surface area contributed by atoms with Gasteiger partial charge in [-0.3, -0.25) is 4.79 Å². The second-order valence-electron chi connectivity index (χ2n) is 5.12. The lowest BCUT2D eigenvalue weighted by atomic mass is 10.2. The smallest absolute Gasteiger partial charge is 0.254 e. The molecule has 0 aliphatic heterocycles. The third kappa shape index (κ3) is 4.88. The number of halogens is 2. The minimum absolute atomic E-state index is 0.233. The molecule has 1 amide bonds. The first-order chi connectivity index (χ1) is 11.1. The fourth-order valence-electron chi connectivity index (χ4n) is 2.38. The van der Waals surface area contributed by atoms with Crippen LogP contribution in [0, 0.1) is 0 Å². The van der Waals surface area contributed by atoms with Crippen LogP contribution in [0.5, 0.6) is 0 Å². The molecule has 0 aromatic heterocycles. The molecule has 0 saturated heterocycles. The first kappa shape index (κ1) is 17.6. The minimum atomic E-state index is -0.233. The lowest BCUT2D eigenvalue weighted by Gasteiger charge is -2.23. The van der Waals surface area contributed by atoms with E-state index in [4.69, 9.17) is 23.2 Å². The first-order valence-electron chi connectivity index (χ1n) is 7.65. The molecule has 2 rings (SSSR count). The molecular weight excluding hydrogens is 331 g/mol. The van der Waals surface area contributed by atoms with E-state index in [0.717, 1.165) is 19.5 Å². The Kier molecular flexibility index (Phi) is 6.75. The van der Waals surface area contributed by atoms with Crippen LogP contribution >= 0.6 is 23.2 Å². The topological polar surface area (TPSA) is 32.3 Å². The monoisotopic (exact) mass is 350 g/mol. The highest BCUT2D eigenvalue weighted by atomic mass is 35.5. The Balaban J connectivity index is 1.84. The second kappa shape index (κ2) is 8.80. The van der Waals surface area contributed by atoms with Crippen molar-refractivity contribution in [2.45, 2.75) is 13.3 Å². The molecule has 0 spiro atoms. The van der Waals surface area contributed by atoms with E-state index in [0.29, 0.717) is 22.2 Å². The normalized spacial score (nSPS) is 10.4. The Morgan fingerprint density at radius 2 is 1.70 bits per heavy atom. The second-order valence-corrected chi connectivity index (χ2v) is 5.94. The Morgan fingerprint density at radius 3 is 2.30 bits per heavy atom. The molecule has 5 heteroatoms. The number of nitrogens with zero attached hydrogens (tertiary/aromatic N) is 1. The predicted octanol–water partition coefficient (Wildman–Crippen LogP) is 4.64. The molecule has 0 heterocycles. The highest BCUT2D eigenvalue weighted by Gasteiger charge is 2.13. The largest absolute Gasteiger partial charge is 0.372 e. The van der Waals surface area contributed by atoms with Gasteiger partial charge in [-0.05, 0) is 37.6 Å². The lowest BCUT2D eigenvalue weighted by molar-refractivity contribution is 0.0953. The fraction of sp³-hybridized carbons (Fsp3) is 0.278. The summed E-state index contributed by atoms with van der Waals surface area (Å²) in [6.07, 6.45) is 0.844. The summed E-state index contributed by atoms with van der Waals surface area (Å²) in [6, 6.07) is 15.3. The predicted molar refractivity (Wildman–Crippen MR) is 97.7 cm³/mol. The summed E-state index contributed by atoms with van der Waals surface area (Å²) in [5.74, 6) is -0.233. The van der Waals surface area contributed by atoms with Crippen LogP contribution in [0.4, 0.5) is 5.69 Å². The van der Waals surface area contributed by atoms with Crippen LogP contribution in [0.15, 0.2) is 48.5 Å². The molecule has 0 unspecified atom stereocenters. The Hall–Kier alpha value is -1.71. The minimum Gasteiger partial charge on any atom is -0.372 e. The van der Waals surface area contributed by atoms with Gasteiger partial charge in [0.2, 0.25) is 0 Å². The molecule has 122 valence electrons. The summed E-state index contributed by atoms with van der Waals surface area (Å²) in [5, 5.41) is 3.62. The number of carbonyl (C=O) groups excluding carboxylic acids is 1. The number of hydrogen-bond donors (Lipinski definition) is 1. The average Bonchev–Trinajstić information content (AvgIpc) is 2.55. The van der Waals surface area contributed by atoms with Gasteiger partial charge in [-0.25, -0.2) is 0 Å². The summed E-state index contributed by atoms with van der Waals surface area (Å²) in [7, 11) is 0. The molecule has 0 saturated carbocycles. The van der Waals surface area contributed by atoms with E-state index in [2.05, 4.69) is 29.3 Å². The number of anilines is 1. The molecule has 2 aromatic carbocycles. The van der Waals surface area contributed by atoms with Crippen LogP contribution in [-0.2, 0) is 0 Å². The van der Waals surface area contributed by atoms with Crippen molar-refractivity contribution in [2.24, 2.45) is 0 Å². The van der Waals surface area contributed by atoms with Crippen LogP contribution in [0.25, 0.3) is 0 Å².